The normalized spacial score (nSPS) is 24.5. The monoisotopic (exact) mass is 239 g/mol. The van der Waals surface area contributed by atoms with Crippen LogP contribution in [0.5, 0.6) is 0 Å². The number of hydrogen-bond acceptors (Lipinski definition) is 4. The molecule has 3 nitrogen and oxygen atoms in total. The highest BCUT2D eigenvalue weighted by atomic mass is 32.1. The Kier molecular flexibility index (Phi) is 4.32. The Morgan fingerprint density at radius 2 is 2.56 bits per heavy atom. The maximum Gasteiger partial charge on any atom is 0.0795 e. The van der Waals surface area contributed by atoms with Crippen molar-refractivity contribution < 1.29 is 0 Å². The maximum atomic E-state index is 4.36. The van der Waals surface area contributed by atoms with Crippen LogP contribution >= 0.6 is 11.3 Å². The summed E-state index contributed by atoms with van der Waals surface area (Å²) in [7, 11) is 0. The highest BCUT2D eigenvalue weighted by Gasteiger charge is 2.23. The standard InChI is InChI=1S/C12H21N3S/c1-3-10(2)12-7-15(5-4-13-12)6-11-8-16-9-14-11/h8-10,12-13H,3-7H2,1-2H3. The van der Waals surface area contributed by atoms with Crippen molar-refractivity contribution in [3.05, 3.63) is 16.6 Å². The topological polar surface area (TPSA) is 28.2 Å². The molecular formula is C12H21N3S. The molecule has 16 heavy (non-hydrogen) atoms. The molecule has 90 valence electrons. The van der Waals surface area contributed by atoms with Gasteiger partial charge in [0.2, 0.25) is 0 Å². The molecule has 1 saturated heterocycles. The van der Waals surface area contributed by atoms with E-state index in [1.807, 2.05) is 5.51 Å². The van der Waals surface area contributed by atoms with Crippen LogP contribution in [-0.2, 0) is 6.54 Å². The third-order valence-corrected chi connectivity index (χ3v) is 4.12. The number of nitrogens with one attached hydrogen (secondary N) is 1. The summed E-state index contributed by atoms with van der Waals surface area (Å²) in [4.78, 5) is 6.87. The van der Waals surface area contributed by atoms with E-state index in [-0.39, 0.29) is 0 Å². The minimum absolute atomic E-state index is 0.650. The SMILES string of the molecule is CCC(C)C1CN(Cc2cscn2)CCN1. The molecule has 1 aliphatic rings. The molecule has 0 aromatic carbocycles. The number of thiazole rings is 1. The molecule has 2 atom stereocenters. The van der Waals surface area contributed by atoms with Crippen LogP contribution in [0.15, 0.2) is 10.9 Å². The first-order chi connectivity index (χ1) is 7.79. The highest BCUT2D eigenvalue weighted by Crippen LogP contribution is 2.14. The summed E-state index contributed by atoms with van der Waals surface area (Å²) in [5.41, 5.74) is 3.14. The number of hydrogen-bond donors (Lipinski definition) is 1. The molecule has 0 radical (unpaired) electrons. The molecule has 0 bridgehead atoms. The van der Waals surface area contributed by atoms with Crippen LogP contribution in [0.4, 0.5) is 0 Å². The van der Waals surface area contributed by atoms with E-state index in [0.717, 1.165) is 32.1 Å². The third-order valence-electron chi connectivity index (χ3n) is 3.49. The minimum atomic E-state index is 0.650. The van der Waals surface area contributed by atoms with Gasteiger partial charge in [-0.1, -0.05) is 20.3 Å². The van der Waals surface area contributed by atoms with Crippen molar-refractivity contribution in [2.24, 2.45) is 5.92 Å². The third kappa shape index (κ3) is 3.03. The number of aromatic nitrogens is 1. The van der Waals surface area contributed by atoms with Crippen molar-refractivity contribution in [1.29, 1.82) is 0 Å². The summed E-state index contributed by atoms with van der Waals surface area (Å²) >= 11 is 1.69. The van der Waals surface area contributed by atoms with E-state index in [1.54, 1.807) is 11.3 Å². The quantitative estimate of drug-likeness (QED) is 0.870. The molecule has 1 fully saturated rings. The second-order valence-corrected chi connectivity index (χ2v) is 5.38. The number of nitrogens with zero attached hydrogens (tertiary/aromatic N) is 2. The predicted octanol–water partition coefficient (Wildman–Crippen LogP) is 1.96. The lowest BCUT2D eigenvalue weighted by atomic mass is 9.97. The highest BCUT2D eigenvalue weighted by molar-refractivity contribution is 7.07. The maximum absolute atomic E-state index is 4.36. The zero-order valence-corrected chi connectivity index (χ0v) is 11.0. The first kappa shape index (κ1) is 12.0. The largest absolute Gasteiger partial charge is 0.311 e. The van der Waals surface area contributed by atoms with Gasteiger partial charge in [0.1, 0.15) is 0 Å². The lowest BCUT2D eigenvalue weighted by Crippen LogP contribution is -2.52. The summed E-state index contributed by atoms with van der Waals surface area (Å²) in [5, 5.41) is 5.77. The van der Waals surface area contributed by atoms with Crippen LogP contribution in [0.25, 0.3) is 0 Å². The van der Waals surface area contributed by atoms with Crippen molar-refractivity contribution in [3.63, 3.8) is 0 Å². The summed E-state index contributed by atoms with van der Waals surface area (Å²) < 4.78 is 0. The van der Waals surface area contributed by atoms with Crippen molar-refractivity contribution >= 4 is 11.3 Å². The fourth-order valence-corrected chi connectivity index (χ4v) is 2.75. The molecule has 0 saturated carbocycles. The van der Waals surface area contributed by atoms with E-state index in [1.165, 1.54) is 12.1 Å². The molecule has 2 rings (SSSR count). The Morgan fingerprint density at radius 3 is 3.25 bits per heavy atom. The Morgan fingerprint density at radius 1 is 1.69 bits per heavy atom. The molecule has 0 amide bonds. The zero-order chi connectivity index (χ0) is 11.4. The van der Waals surface area contributed by atoms with Gasteiger partial charge in [0.25, 0.3) is 0 Å². The van der Waals surface area contributed by atoms with Crippen LogP contribution in [0.1, 0.15) is 26.0 Å². The fourth-order valence-electron chi connectivity index (χ4n) is 2.20. The van der Waals surface area contributed by atoms with E-state index < -0.39 is 0 Å². The molecule has 0 aliphatic carbocycles. The smallest absolute Gasteiger partial charge is 0.0795 e. The van der Waals surface area contributed by atoms with Crippen molar-refractivity contribution in [2.45, 2.75) is 32.9 Å². The summed E-state index contributed by atoms with van der Waals surface area (Å²) in [5.74, 6) is 0.762. The minimum Gasteiger partial charge on any atom is -0.311 e. The van der Waals surface area contributed by atoms with Crippen LogP contribution < -0.4 is 5.32 Å². The molecule has 1 aromatic rings. The van der Waals surface area contributed by atoms with Crippen LogP contribution in [-0.4, -0.2) is 35.6 Å². The summed E-state index contributed by atoms with van der Waals surface area (Å²) in [6.07, 6.45) is 1.25. The molecule has 1 aliphatic heterocycles. The van der Waals surface area contributed by atoms with Gasteiger partial charge in [-0.15, -0.1) is 11.3 Å². The van der Waals surface area contributed by atoms with Gasteiger partial charge >= 0.3 is 0 Å². The second kappa shape index (κ2) is 5.75. The molecule has 1 aromatic heterocycles. The van der Waals surface area contributed by atoms with Gasteiger partial charge in [0.15, 0.2) is 0 Å². The number of rotatable bonds is 4. The van der Waals surface area contributed by atoms with Crippen molar-refractivity contribution in [3.8, 4) is 0 Å². The molecule has 4 heteroatoms. The van der Waals surface area contributed by atoms with E-state index in [4.69, 9.17) is 0 Å². The molecule has 1 N–H and O–H groups in total. The molecule has 2 unspecified atom stereocenters. The van der Waals surface area contributed by atoms with Crippen LogP contribution in [0.3, 0.4) is 0 Å². The fraction of sp³-hybridized carbons (Fsp3) is 0.750. The van der Waals surface area contributed by atoms with Crippen LogP contribution in [0.2, 0.25) is 0 Å². The lowest BCUT2D eigenvalue weighted by Gasteiger charge is -2.36. The van der Waals surface area contributed by atoms with Gasteiger partial charge < -0.3 is 5.32 Å². The Balaban J connectivity index is 1.87. The van der Waals surface area contributed by atoms with Gasteiger partial charge in [-0.3, -0.25) is 4.90 Å². The summed E-state index contributed by atoms with van der Waals surface area (Å²) in [6.45, 7) is 9.03. The van der Waals surface area contributed by atoms with E-state index in [9.17, 15) is 0 Å². The Labute approximate surface area is 102 Å². The predicted molar refractivity (Wildman–Crippen MR) is 68.6 cm³/mol. The lowest BCUT2D eigenvalue weighted by molar-refractivity contribution is 0.161. The Hall–Kier alpha value is -0.450. The molecule has 2 heterocycles. The van der Waals surface area contributed by atoms with E-state index in [2.05, 4.69) is 34.4 Å². The first-order valence-corrected chi connectivity index (χ1v) is 7.06. The van der Waals surface area contributed by atoms with E-state index >= 15 is 0 Å². The second-order valence-electron chi connectivity index (χ2n) is 4.66. The summed E-state index contributed by atoms with van der Waals surface area (Å²) in [6, 6.07) is 0.650. The van der Waals surface area contributed by atoms with Gasteiger partial charge in [0.05, 0.1) is 11.2 Å². The van der Waals surface area contributed by atoms with Gasteiger partial charge in [-0.05, 0) is 5.92 Å². The van der Waals surface area contributed by atoms with Gasteiger partial charge in [-0.25, -0.2) is 4.98 Å². The first-order valence-electron chi connectivity index (χ1n) is 6.12. The molecule has 0 spiro atoms. The van der Waals surface area contributed by atoms with Gasteiger partial charge in [-0.2, -0.15) is 0 Å². The zero-order valence-electron chi connectivity index (χ0n) is 10.1. The molecular weight excluding hydrogens is 218 g/mol. The van der Waals surface area contributed by atoms with E-state index in [0.29, 0.717) is 6.04 Å². The van der Waals surface area contributed by atoms with Crippen molar-refractivity contribution in [1.82, 2.24) is 15.2 Å². The van der Waals surface area contributed by atoms with Crippen molar-refractivity contribution in [2.75, 3.05) is 19.6 Å². The van der Waals surface area contributed by atoms with Crippen LogP contribution in [0, 0.1) is 5.92 Å². The average molecular weight is 239 g/mol. The Bertz CT molecular complexity index is 299. The average Bonchev–Trinajstić information content (AvgIpc) is 2.81. The number of piperazine rings is 1. The van der Waals surface area contributed by atoms with Gasteiger partial charge in [0, 0.05) is 37.6 Å².